The van der Waals surface area contributed by atoms with Gasteiger partial charge in [-0.15, -0.1) is 0 Å². The molecule has 0 unspecified atom stereocenters. The Balaban J connectivity index is 1.91. The van der Waals surface area contributed by atoms with Gasteiger partial charge in [0, 0.05) is 26.0 Å². The van der Waals surface area contributed by atoms with Gasteiger partial charge in [0.05, 0.1) is 11.4 Å². The van der Waals surface area contributed by atoms with Crippen LogP contribution in [0.2, 0.25) is 0 Å². The van der Waals surface area contributed by atoms with Crippen molar-refractivity contribution >= 4 is 23.2 Å². The molecular weight excluding hydrogens is 336 g/mol. The lowest BCUT2D eigenvalue weighted by atomic mass is 9.87. The molecule has 0 aromatic heterocycles. The molecule has 1 N–H and O–H groups in total. The van der Waals surface area contributed by atoms with Gasteiger partial charge in [0.15, 0.2) is 0 Å². The fourth-order valence-electron chi connectivity index (χ4n) is 3.86. The van der Waals surface area contributed by atoms with Gasteiger partial charge in [-0.05, 0) is 36.5 Å². The van der Waals surface area contributed by atoms with Gasteiger partial charge in [0.25, 0.3) is 0 Å². The maximum absolute atomic E-state index is 12.7. The normalized spacial score (nSPS) is 14.6. The van der Waals surface area contributed by atoms with Gasteiger partial charge in [0.2, 0.25) is 11.8 Å². The Morgan fingerprint density at radius 1 is 1.00 bits per heavy atom. The van der Waals surface area contributed by atoms with Crippen LogP contribution in [-0.4, -0.2) is 18.9 Å². The first-order valence-corrected chi connectivity index (χ1v) is 9.79. The van der Waals surface area contributed by atoms with E-state index in [0.717, 1.165) is 35.3 Å². The zero-order valence-corrected chi connectivity index (χ0v) is 16.2. The van der Waals surface area contributed by atoms with Gasteiger partial charge in [-0.25, -0.2) is 0 Å². The Hall–Kier alpha value is -2.62. The van der Waals surface area contributed by atoms with Gasteiger partial charge in [-0.2, -0.15) is 0 Å². The maximum atomic E-state index is 12.7. The number of anilines is 2. The number of rotatable bonds is 5. The molecule has 1 aliphatic rings. The van der Waals surface area contributed by atoms with E-state index in [1.165, 1.54) is 19.3 Å². The maximum Gasteiger partial charge on any atom is 0.224 e. The molecule has 1 fully saturated rings. The third-order valence-electron chi connectivity index (χ3n) is 5.41. The van der Waals surface area contributed by atoms with E-state index in [4.69, 9.17) is 0 Å². The summed E-state index contributed by atoms with van der Waals surface area (Å²) in [5.41, 5.74) is 3.42. The van der Waals surface area contributed by atoms with E-state index < -0.39 is 0 Å². The fourth-order valence-corrected chi connectivity index (χ4v) is 3.86. The number of benzene rings is 2. The third kappa shape index (κ3) is 4.76. The first kappa shape index (κ1) is 19.2. The van der Waals surface area contributed by atoms with Crippen LogP contribution in [0.3, 0.4) is 0 Å². The summed E-state index contributed by atoms with van der Waals surface area (Å²) in [5, 5.41) is 3.11. The molecule has 2 aromatic carbocycles. The highest BCUT2D eigenvalue weighted by molar-refractivity contribution is 6.03. The molecule has 4 nitrogen and oxygen atoms in total. The number of hydrogen-bond acceptors (Lipinski definition) is 2. The molecular formula is C23H28N2O2. The molecule has 0 bridgehead atoms. The minimum Gasteiger partial charge on any atom is -0.325 e. The number of carbonyl (C=O) groups is 2. The van der Waals surface area contributed by atoms with Crippen molar-refractivity contribution in [1.82, 2.24) is 0 Å². The topological polar surface area (TPSA) is 49.4 Å². The average Bonchev–Trinajstić information content (AvgIpc) is 2.68. The zero-order valence-electron chi connectivity index (χ0n) is 16.2. The number of carbonyl (C=O) groups excluding carboxylic acids is 2. The highest BCUT2D eigenvalue weighted by Crippen LogP contribution is 2.37. The number of hydrogen-bond donors (Lipinski definition) is 1. The molecule has 1 saturated carbocycles. The number of amides is 2. The molecule has 0 heterocycles. The van der Waals surface area contributed by atoms with Crippen molar-refractivity contribution in [2.24, 2.45) is 5.92 Å². The van der Waals surface area contributed by atoms with E-state index in [1.54, 1.807) is 18.9 Å². The van der Waals surface area contributed by atoms with Crippen LogP contribution in [0, 0.1) is 5.92 Å². The Kier molecular flexibility index (Phi) is 6.28. The molecule has 0 spiro atoms. The van der Waals surface area contributed by atoms with Crippen LogP contribution >= 0.6 is 0 Å². The summed E-state index contributed by atoms with van der Waals surface area (Å²) in [4.78, 5) is 26.3. The molecule has 3 rings (SSSR count). The summed E-state index contributed by atoms with van der Waals surface area (Å²) >= 11 is 0. The number of nitrogens with zero attached hydrogens (tertiary/aromatic N) is 1. The summed E-state index contributed by atoms with van der Waals surface area (Å²) in [6.45, 7) is 1.54. The lowest BCUT2D eigenvalue weighted by molar-refractivity contribution is -0.117. The lowest BCUT2D eigenvalue weighted by Crippen LogP contribution is -2.24. The van der Waals surface area contributed by atoms with Gasteiger partial charge in [-0.3, -0.25) is 9.59 Å². The monoisotopic (exact) mass is 364 g/mol. The van der Waals surface area contributed by atoms with Crippen molar-refractivity contribution in [3.05, 3.63) is 48.5 Å². The van der Waals surface area contributed by atoms with E-state index in [9.17, 15) is 9.59 Å². The molecule has 2 aromatic rings. The third-order valence-corrected chi connectivity index (χ3v) is 5.41. The SMILES string of the molecule is CC(=O)N(C)c1cccc(NC(=O)CC2CCCCC2)c1-c1ccccc1. The van der Waals surface area contributed by atoms with Crippen molar-refractivity contribution in [2.75, 3.05) is 17.3 Å². The summed E-state index contributed by atoms with van der Waals surface area (Å²) in [7, 11) is 1.76. The highest BCUT2D eigenvalue weighted by Gasteiger charge is 2.20. The summed E-state index contributed by atoms with van der Waals surface area (Å²) in [5.74, 6) is 0.501. The fraction of sp³-hybridized carbons (Fsp3) is 0.391. The number of nitrogens with one attached hydrogen (secondary N) is 1. The van der Waals surface area contributed by atoms with E-state index in [0.29, 0.717) is 12.3 Å². The molecule has 1 aliphatic carbocycles. The summed E-state index contributed by atoms with van der Waals surface area (Å²) in [6, 6.07) is 15.6. The highest BCUT2D eigenvalue weighted by atomic mass is 16.2. The zero-order chi connectivity index (χ0) is 19.2. The second kappa shape index (κ2) is 8.85. The Labute approximate surface area is 161 Å². The Bertz CT molecular complexity index is 795. The van der Waals surface area contributed by atoms with E-state index in [1.807, 2.05) is 48.5 Å². The predicted octanol–water partition coefficient (Wildman–Crippen LogP) is 5.25. The van der Waals surface area contributed by atoms with Crippen LogP contribution < -0.4 is 10.2 Å². The quantitative estimate of drug-likeness (QED) is 0.788. The second-order valence-electron chi connectivity index (χ2n) is 7.40. The average molecular weight is 364 g/mol. The van der Waals surface area contributed by atoms with Crippen LogP contribution in [0.4, 0.5) is 11.4 Å². The first-order valence-electron chi connectivity index (χ1n) is 9.79. The molecule has 0 radical (unpaired) electrons. The van der Waals surface area contributed by atoms with Gasteiger partial charge in [0.1, 0.15) is 0 Å². The van der Waals surface area contributed by atoms with Gasteiger partial charge in [-0.1, -0.05) is 55.7 Å². The lowest BCUT2D eigenvalue weighted by Gasteiger charge is -2.24. The minimum atomic E-state index is -0.0436. The van der Waals surface area contributed by atoms with Crippen LogP contribution in [0.15, 0.2) is 48.5 Å². The second-order valence-corrected chi connectivity index (χ2v) is 7.40. The van der Waals surface area contributed by atoms with Gasteiger partial charge >= 0.3 is 0 Å². The standard InChI is InChI=1S/C23H28N2O2/c1-17(26)25(2)21-15-9-14-20(23(21)19-12-7-4-8-13-19)24-22(27)16-18-10-5-3-6-11-18/h4,7-9,12-15,18H,3,5-6,10-11,16H2,1-2H3,(H,24,27). The van der Waals surface area contributed by atoms with Crippen molar-refractivity contribution < 1.29 is 9.59 Å². The van der Waals surface area contributed by atoms with Gasteiger partial charge < -0.3 is 10.2 Å². The van der Waals surface area contributed by atoms with Crippen LogP contribution in [0.25, 0.3) is 11.1 Å². The molecule has 2 amide bonds. The molecule has 0 saturated heterocycles. The molecule has 0 aliphatic heterocycles. The Morgan fingerprint density at radius 2 is 1.70 bits per heavy atom. The molecule has 4 heteroatoms. The predicted molar refractivity (Wildman–Crippen MR) is 111 cm³/mol. The Morgan fingerprint density at radius 3 is 2.37 bits per heavy atom. The van der Waals surface area contributed by atoms with Crippen LogP contribution in [0.5, 0.6) is 0 Å². The van der Waals surface area contributed by atoms with Crippen molar-refractivity contribution in [3.63, 3.8) is 0 Å². The largest absolute Gasteiger partial charge is 0.325 e. The minimum absolute atomic E-state index is 0.0436. The van der Waals surface area contributed by atoms with Crippen LogP contribution in [-0.2, 0) is 9.59 Å². The van der Waals surface area contributed by atoms with Crippen molar-refractivity contribution in [3.8, 4) is 11.1 Å². The van der Waals surface area contributed by atoms with E-state index >= 15 is 0 Å². The molecule has 142 valence electrons. The van der Waals surface area contributed by atoms with E-state index in [-0.39, 0.29) is 11.8 Å². The molecule has 27 heavy (non-hydrogen) atoms. The van der Waals surface area contributed by atoms with Crippen molar-refractivity contribution in [1.29, 1.82) is 0 Å². The summed E-state index contributed by atoms with van der Waals surface area (Å²) in [6.07, 6.45) is 6.60. The van der Waals surface area contributed by atoms with E-state index in [2.05, 4.69) is 5.32 Å². The smallest absolute Gasteiger partial charge is 0.224 e. The molecule has 0 atom stereocenters. The van der Waals surface area contributed by atoms with Crippen LogP contribution in [0.1, 0.15) is 45.4 Å². The summed E-state index contributed by atoms with van der Waals surface area (Å²) < 4.78 is 0. The first-order chi connectivity index (χ1) is 13.1. The van der Waals surface area contributed by atoms with Crippen molar-refractivity contribution in [2.45, 2.75) is 45.4 Å².